The van der Waals surface area contributed by atoms with Crippen LogP contribution in [-0.2, 0) is 0 Å². The third kappa shape index (κ3) is 5.86. The molecule has 23 heavy (non-hydrogen) atoms. The summed E-state index contributed by atoms with van der Waals surface area (Å²) in [7, 11) is 0. The molecule has 1 amide bonds. The molecule has 1 aromatic heterocycles. The summed E-state index contributed by atoms with van der Waals surface area (Å²) in [6, 6.07) is 8.02. The standard InChI is InChI=1S/C16H21N3O2.2ClH/c1-4-17-12(3)9-18-16(20)14-15(21-10-19-14)13-7-5-11(2)6-8-13;;/h5-8,10,12,17H,4,9H2,1-3H3,(H,18,20);2*1H/t12-;;/m1../s1. The number of benzene rings is 1. The number of nitrogens with zero attached hydrogens (tertiary/aromatic N) is 1. The average molecular weight is 360 g/mol. The molecule has 1 heterocycles. The molecule has 0 fully saturated rings. The fraction of sp³-hybridized carbons (Fsp3) is 0.375. The first-order chi connectivity index (χ1) is 10.1. The molecule has 0 spiro atoms. The second-order valence-electron chi connectivity index (χ2n) is 5.06. The average Bonchev–Trinajstić information content (AvgIpc) is 2.95. The van der Waals surface area contributed by atoms with Crippen molar-refractivity contribution in [2.45, 2.75) is 26.8 Å². The van der Waals surface area contributed by atoms with Crippen molar-refractivity contribution in [3.05, 3.63) is 41.9 Å². The van der Waals surface area contributed by atoms with Crippen LogP contribution in [0.5, 0.6) is 0 Å². The second kappa shape index (κ2) is 10.3. The summed E-state index contributed by atoms with van der Waals surface area (Å²) in [5.74, 6) is 0.285. The zero-order chi connectivity index (χ0) is 15.2. The van der Waals surface area contributed by atoms with E-state index < -0.39 is 0 Å². The molecular weight excluding hydrogens is 337 g/mol. The first-order valence-corrected chi connectivity index (χ1v) is 7.14. The van der Waals surface area contributed by atoms with E-state index in [0.717, 1.165) is 17.7 Å². The normalized spacial score (nSPS) is 11.1. The summed E-state index contributed by atoms with van der Waals surface area (Å²) in [4.78, 5) is 16.3. The van der Waals surface area contributed by atoms with Gasteiger partial charge in [0.2, 0.25) is 0 Å². The van der Waals surface area contributed by atoms with Crippen molar-refractivity contribution in [1.29, 1.82) is 0 Å². The fourth-order valence-corrected chi connectivity index (χ4v) is 2.07. The van der Waals surface area contributed by atoms with Crippen LogP contribution >= 0.6 is 24.8 Å². The van der Waals surface area contributed by atoms with Crippen LogP contribution in [0.3, 0.4) is 0 Å². The molecule has 2 aromatic rings. The maximum Gasteiger partial charge on any atom is 0.273 e. The monoisotopic (exact) mass is 359 g/mol. The molecule has 0 bridgehead atoms. The first-order valence-electron chi connectivity index (χ1n) is 7.14. The number of aromatic nitrogens is 1. The lowest BCUT2D eigenvalue weighted by Crippen LogP contribution is -2.39. The number of hydrogen-bond donors (Lipinski definition) is 2. The maximum atomic E-state index is 12.2. The molecular formula is C16H23Cl2N3O2. The lowest BCUT2D eigenvalue weighted by molar-refractivity contribution is 0.0946. The Morgan fingerprint density at radius 3 is 2.52 bits per heavy atom. The quantitative estimate of drug-likeness (QED) is 0.830. The number of carbonyl (C=O) groups excluding carboxylic acids is 1. The van der Waals surface area contributed by atoms with E-state index in [1.165, 1.54) is 6.39 Å². The number of hydrogen-bond acceptors (Lipinski definition) is 4. The SMILES string of the molecule is CCN[C@H](C)CNC(=O)c1ncoc1-c1ccc(C)cc1.Cl.Cl. The van der Waals surface area contributed by atoms with Crippen LogP contribution in [0.1, 0.15) is 29.9 Å². The topological polar surface area (TPSA) is 67.2 Å². The van der Waals surface area contributed by atoms with Gasteiger partial charge in [-0.25, -0.2) is 4.98 Å². The highest BCUT2D eigenvalue weighted by molar-refractivity contribution is 5.97. The van der Waals surface area contributed by atoms with Crippen LogP contribution in [0.4, 0.5) is 0 Å². The number of aryl methyl sites for hydroxylation is 1. The number of amides is 1. The molecule has 1 aromatic carbocycles. The molecule has 0 aliphatic heterocycles. The van der Waals surface area contributed by atoms with Gasteiger partial charge in [0.15, 0.2) is 17.8 Å². The summed E-state index contributed by atoms with van der Waals surface area (Å²) < 4.78 is 5.38. The Hall–Kier alpha value is -1.56. The highest BCUT2D eigenvalue weighted by atomic mass is 35.5. The maximum absolute atomic E-state index is 12.2. The Bertz CT molecular complexity index is 600. The van der Waals surface area contributed by atoms with Crippen molar-refractivity contribution in [3.8, 4) is 11.3 Å². The van der Waals surface area contributed by atoms with E-state index in [1.807, 2.05) is 45.0 Å². The lowest BCUT2D eigenvalue weighted by atomic mass is 10.1. The van der Waals surface area contributed by atoms with E-state index in [0.29, 0.717) is 18.0 Å². The fourth-order valence-electron chi connectivity index (χ4n) is 2.07. The van der Waals surface area contributed by atoms with Gasteiger partial charge in [0.1, 0.15) is 0 Å². The minimum absolute atomic E-state index is 0. The van der Waals surface area contributed by atoms with Crippen molar-refractivity contribution in [2.75, 3.05) is 13.1 Å². The molecule has 0 radical (unpaired) electrons. The van der Waals surface area contributed by atoms with Crippen molar-refractivity contribution < 1.29 is 9.21 Å². The Kier molecular flexibility index (Phi) is 9.56. The molecule has 0 aliphatic rings. The van der Waals surface area contributed by atoms with Gasteiger partial charge < -0.3 is 15.1 Å². The highest BCUT2D eigenvalue weighted by Gasteiger charge is 2.18. The predicted molar refractivity (Wildman–Crippen MR) is 96.6 cm³/mol. The first kappa shape index (κ1) is 21.4. The summed E-state index contributed by atoms with van der Waals surface area (Å²) in [6.45, 7) is 7.49. The van der Waals surface area contributed by atoms with Gasteiger partial charge in [0.25, 0.3) is 5.91 Å². The van der Waals surface area contributed by atoms with E-state index in [4.69, 9.17) is 4.42 Å². The van der Waals surface area contributed by atoms with Crippen molar-refractivity contribution in [1.82, 2.24) is 15.6 Å². The summed E-state index contributed by atoms with van der Waals surface area (Å²) in [5, 5.41) is 6.11. The smallest absolute Gasteiger partial charge is 0.273 e. The molecule has 7 heteroatoms. The minimum Gasteiger partial charge on any atom is -0.443 e. The number of carbonyl (C=O) groups is 1. The van der Waals surface area contributed by atoms with E-state index in [1.54, 1.807) is 0 Å². The molecule has 5 nitrogen and oxygen atoms in total. The van der Waals surface area contributed by atoms with Gasteiger partial charge in [-0.2, -0.15) is 0 Å². The van der Waals surface area contributed by atoms with Gasteiger partial charge in [0.05, 0.1) is 0 Å². The summed E-state index contributed by atoms with van der Waals surface area (Å²) in [6.07, 6.45) is 1.30. The van der Waals surface area contributed by atoms with Crippen LogP contribution in [0.25, 0.3) is 11.3 Å². The van der Waals surface area contributed by atoms with Crippen LogP contribution < -0.4 is 10.6 Å². The zero-order valence-electron chi connectivity index (χ0n) is 13.5. The van der Waals surface area contributed by atoms with Crippen molar-refractivity contribution >= 4 is 30.7 Å². The molecule has 0 aliphatic carbocycles. The number of nitrogens with one attached hydrogen (secondary N) is 2. The lowest BCUT2D eigenvalue weighted by Gasteiger charge is -2.12. The predicted octanol–water partition coefficient (Wildman–Crippen LogP) is 3.22. The van der Waals surface area contributed by atoms with Crippen molar-refractivity contribution in [3.63, 3.8) is 0 Å². The van der Waals surface area contributed by atoms with E-state index >= 15 is 0 Å². The van der Waals surface area contributed by atoms with Gasteiger partial charge in [-0.1, -0.05) is 36.8 Å². The summed E-state index contributed by atoms with van der Waals surface area (Å²) >= 11 is 0. The Balaban J connectivity index is 0.00000242. The third-order valence-corrected chi connectivity index (χ3v) is 3.22. The Labute approximate surface area is 149 Å². The molecule has 1 atom stereocenters. The Morgan fingerprint density at radius 1 is 1.26 bits per heavy atom. The molecule has 0 saturated carbocycles. The van der Waals surface area contributed by atoms with Crippen LogP contribution in [0.2, 0.25) is 0 Å². The zero-order valence-corrected chi connectivity index (χ0v) is 15.1. The summed E-state index contributed by atoms with van der Waals surface area (Å²) in [5.41, 5.74) is 2.33. The van der Waals surface area contributed by atoms with Gasteiger partial charge >= 0.3 is 0 Å². The molecule has 0 unspecified atom stereocenters. The molecule has 128 valence electrons. The number of oxazole rings is 1. The van der Waals surface area contributed by atoms with Crippen LogP contribution in [0.15, 0.2) is 35.1 Å². The van der Waals surface area contributed by atoms with Gasteiger partial charge in [-0.05, 0) is 20.4 Å². The van der Waals surface area contributed by atoms with Gasteiger partial charge in [-0.3, -0.25) is 4.79 Å². The minimum atomic E-state index is -0.218. The van der Waals surface area contributed by atoms with Crippen molar-refractivity contribution in [2.24, 2.45) is 0 Å². The van der Waals surface area contributed by atoms with Crippen LogP contribution in [0, 0.1) is 6.92 Å². The third-order valence-electron chi connectivity index (χ3n) is 3.22. The largest absolute Gasteiger partial charge is 0.443 e. The van der Waals surface area contributed by atoms with E-state index in [2.05, 4.69) is 15.6 Å². The molecule has 0 saturated heterocycles. The molecule has 2 N–H and O–H groups in total. The van der Waals surface area contributed by atoms with E-state index in [9.17, 15) is 4.79 Å². The number of rotatable bonds is 6. The Morgan fingerprint density at radius 2 is 1.91 bits per heavy atom. The van der Waals surface area contributed by atoms with Gasteiger partial charge in [-0.15, -0.1) is 24.8 Å². The molecule has 2 rings (SSSR count). The van der Waals surface area contributed by atoms with E-state index in [-0.39, 0.29) is 36.8 Å². The van der Waals surface area contributed by atoms with Gasteiger partial charge in [0, 0.05) is 18.2 Å². The highest BCUT2D eigenvalue weighted by Crippen LogP contribution is 2.23. The number of likely N-dealkylation sites (N-methyl/N-ethyl adjacent to an activating group) is 1. The second-order valence-corrected chi connectivity index (χ2v) is 5.06. The number of halogens is 2. The van der Waals surface area contributed by atoms with Crippen LogP contribution in [-0.4, -0.2) is 30.0 Å².